The van der Waals surface area contributed by atoms with E-state index < -0.39 is 18.0 Å². The average Bonchev–Trinajstić information content (AvgIpc) is 3.29. The second-order valence-electron chi connectivity index (χ2n) is 9.21. The third-order valence-electron chi connectivity index (χ3n) is 7.12. The monoisotopic (exact) mass is 465 g/mol. The van der Waals surface area contributed by atoms with Gasteiger partial charge in [0.2, 0.25) is 11.8 Å². The van der Waals surface area contributed by atoms with Crippen LogP contribution < -0.4 is 5.32 Å². The molecule has 11 heteroatoms. The summed E-state index contributed by atoms with van der Waals surface area (Å²) in [6.45, 7) is 7.91. The molecule has 176 valence electrons. The summed E-state index contributed by atoms with van der Waals surface area (Å²) in [7, 11) is 0. The van der Waals surface area contributed by atoms with E-state index in [1.54, 1.807) is 6.92 Å². The molecule has 0 aliphatic carbocycles. The van der Waals surface area contributed by atoms with Gasteiger partial charge in [-0.1, -0.05) is 6.92 Å². The van der Waals surface area contributed by atoms with E-state index in [2.05, 4.69) is 5.32 Å². The van der Waals surface area contributed by atoms with Gasteiger partial charge in [-0.25, -0.2) is 4.79 Å². The molecule has 0 spiro atoms. The molecular formula is C21H31N5O5S. The van der Waals surface area contributed by atoms with Crippen LogP contribution >= 0.6 is 11.8 Å². The van der Waals surface area contributed by atoms with Crippen LogP contribution in [0.4, 0.5) is 0 Å². The predicted octanol–water partition coefficient (Wildman–Crippen LogP) is -0.256. The van der Waals surface area contributed by atoms with E-state index in [1.807, 2.05) is 23.6 Å². The Morgan fingerprint density at radius 1 is 1.31 bits per heavy atom. The number of nitrogens with one attached hydrogen (secondary N) is 2. The summed E-state index contributed by atoms with van der Waals surface area (Å²) in [5.74, 6) is -2.16. The Hall–Kier alpha value is -2.11. The quantitative estimate of drug-likeness (QED) is 0.239. The smallest absolute Gasteiger partial charge is 0.353 e. The number of β-lactam (4-membered cyclic amide) rings is 1. The van der Waals surface area contributed by atoms with E-state index in [9.17, 15) is 24.6 Å². The first-order valence-corrected chi connectivity index (χ1v) is 12.0. The summed E-state index contributed by atoms with van der Waals surface area (Å²) in [6, 6.07) is -0.626. The van der Waals surface area contributed by atoms with Crippen LogP contribution in [0.15, 0.2) is 10.6 Å². The highest BCUT2D eigenvalue weighted by atomic mass is 32.2. The van der Waals surface area contributed by atoms with E-state index >= 15 is 0 Å². The highest BCUT2D eigenvalue weighted by Crippen LogP contribution is 2.51. The standard InChI is InChI=1S/C21H31N5O5S/c1-10-8-24(9-22)4-5-25(10)19(28)14-6-13(7-23-14)32-18-11(2)16-15(12(3)27)20(29)26(16)17(18)21(30)31/h9-16,22-23,27H,4-8H2,1-3H3,(H,30,31)/t10-,11+,12+,13-,14-,15+,16+/m0/s1. The number of piperazine rings is 1. The van der Waals surface area contributed by atoms with Crippen LogP contribution in [0.3, 0.4) is 0 Å². The number of carbonyl (C=O) groups is 3. The zero-order valence-electron chi connectivity index (χ0n) is 18.5. The third kappa shape index (κ3) is 3.69. The molecule has 4 N–H and O–H groups in total. The molecule has 0 aromatic heterocycles. The summed E-state index contributed by atoms with van der Waals surface area (Å²) < 4.78 is 0. The number of aliphatic hydroxyl groups is 1. The summed E-state index contributed by atoms with van der Waals surface area (Å²) in [6.07, 6.45) is 1.07. The number of carboxylic acid groups (broad SMARTS) is 1. The molecule has 4 aliphatic heterocycles. The summed E-state index contributed by atoms with van der Waals surface area (Å²) in [5, 5.41) is 30.5. The largest absolute Gasteiger partial charge is 0.477 e. The third-order valence-corrected chi connectivity index (χ3v) is 8.63. The molecule has 0 radical (unpaired) electrons. The molecular weight excluding hydrogens is 434 g/mol. The van der Waals surface area contributed by atoms with Crippen molar-refractivity contribution in [2.75, 3.05) is 26.2 Å². The molecule has 4 heterocycles. The van der Waals surface area contributed by atoms with Gasteiger partial charge in [-0.15, -0.1) is 11.8 Å². The van der Waals surface area contributed by atoms with Crippen LogP contribution in [-0.2, 0) is 14.4 Å². The van der Waals surface area contributed by atoms with Gasteiger partial charge in [0.1, 0.15) is 5.70 Å². The van der Waals surface area contributed by atoms with Crippen molar-refractivity contribution in [2.24, 2.45) is 11.8 Å². The topological polar surface area (TPSA) is 137 Å². The first-order chi connectivity index (χ1) is 15.1. The molecule has 10 nitrogen and oxygen atoms in total. The number of aliphatic carboxylic acids is 1. The Balaban J connectivity index is 1.43. The lowest BCUT2D eigenvalue weighted by molar-refractivity contribution is -0.163. The molecule has 0 bridgehead atoms. The van der Waals surface area contributed by atoms with E-state index in [0.717, 1.165) is 0 Å². The molecule has 7 atom stereocenters. The maximum absolute atomic E-state index is 13.1. The molecule has 0 saturated carbocycles. The number of hydrogen-bond acceptors (Lipinski definition) is 7. The fraction of sp³-hybridized carbons (Fsp3) is 0.714. The molecule has 2 amide bonds. The fourth-order valence-electron chi connectivity index (χ4n) is 5.47. The van der Waals surface area contributed by atoms with E-state index in [0.29, 0.717) is 37.5 Å². The normalized spacial score (nSPS) is 35.6. The van der Waals surface area contributed by atoms with Crippen LogP contribution in [0.2, 0.25) is 0 Å². The zero-order valence-corrected chi connectivity index (χ0v) is 19.3. The Morgan fingerprint density at radius 2 is 2.03 bits per heavy atom. The van der Waals surface area contributed by atoms with Crippen LogP contribution in [0.25, 0.3) is 0 Å². The maximum Gasteiger partial charge on any atom is 0.353 e. The number of nitrogens with zero attached hydrogens (tertiary/aromatic N) is 3. The number of carboxylic acids is 1. The lowest BCUT2D eigenvalue weighted by Gasteiger charge is -2.46. The summed E-state index contributed by atoms with van der Waals surface area (Å²) >= 11 is 1.45. The van der Waals surface area contributed by atoms with Crippen molar-refractivity contribution in [2.45, 2.75) is 56.7 Å². The molecule has 3 saturated heterocycles. The van der Waals surface area contributed by atoms with Gasteiger partial charge < -0.3 is 30.2 Å². The summed E-state index contributed by atoms with van der Waals surface area (Å²) in [5.41, 5.74) is 0.0283. The number of amides is 2. The van der Waals surface area contributed by atoms with Crippen molar-refractivity contribution in [3.05, 3.63) is 10.6 Å². The number of rotatable bonds is 6. The van der Waals surface area contributed by atoms with Gasteiger partial charge in [-0.05, 0) is 20.3 Å². The van der Waals surface area contributed by atoms with E-state index in [4.69, 9.17) is 5.41 Å². The minimum Gasteiger partial charge on any atom is -0.477 e. The molecule has 3 fully saturated rings. The van der Waals surface area contributed by atoms with E-state index in [1.165, 1.54) is 23.0 Å². The van der Waals surface area contributed by atoms with Crippen LogP contribution in [0.5, 0.6) is 0 Å². The minimum absolute atomic E-state index is 0.0210. The lowest BCUT2D eigenvalue weighted by Crippen LogP contribution is -2.63. The van der Waals surface area contributed by atoms with Crippen molar-refractivity contribution in [1.82, 2.24) is 20.0 Å². The second kappa shape index (κ2) is 8.68. The highest BCUT2D eigenvalue weighted by molar-refractivity contribution is 8.03. The molecule has 0 aromatic carbocycles. The molecule has 4 aliphatic rings. The zero-order chi connectivity index (χ0) is 23.3. The van der Waals surface area contributed by atoms with Gasteiger partial charge in [-0.3, -0.25) is 15.0 Å². The van der Waals surface area contributed by atoms with Crippen molar-refractivity contribution >= 4 is 35.9 Å². The van der Waals surface area contributed by atoms with Gasteiger partial charge >= 0.3 is 5.97 Å². The Morgan fingerprint density at radius 3 is 2.62 bits per heavy atom. The Bertz CT molecular complexity index is 864. The molecule has 0 aromatic rings. The SMILES string of the molecule is C[C@@H](O)[C@H]1C(=O)N2C(C(=O)O)=C(S[C@@H]3CN[C@H](C(=O)N4CCN(C=N)C[C@@H]4C)C3)[C@H](C)[C@H]12. The highest BCUT2D eigenvalue weighted by Gasteiger charge is 2.60. The molecule has 0 unspecified atom stereocenters. The van der Waals surface area contributed by atoms with Gasteiger partial charge in [0, 0.05) is 48.3 Å². The number of hydrogen-bond donors (Lipinski definition) is 4. The minimum atomic E-state index is -1.13. The van der Waals surface area contributed by atoms with Crippen molar-refractivity contribution in [3.63, 3.8) is 0 Å². The van der Waals surface area contributed by atoms with Crippen LogP contribution in [-0.4, -0.2) is 105 Å². The lowest BCUT2D eigenvalue weighted by atomic mass is 9.79. The second-order valence-corrected chi connectivity index (χ2v) is 10.6. The first-order valence-electron chi connectivity index (χ1n) is 11.1. The van der Waals surface area contributed by atoms with Gasteiger partial charge in [0.05, 0.1) is 30.4 Å². The van der Waals surface area contributed by atoms with Gasteiger partial charge in [0.15, 0.2) is 0 Å². The predicted molar refractivity (Wildman–Crippen MR) is 119 cm³/mol. The van der Waals surface area contributed by atoms with Gasteiger partial charge in [-0.2, -0.15) is 0 Å². The van der Waals surface area contributed by atoms with Crippen LogP contribution in [0.1, 0.15) is 27.2 Å². The number of fused-ring (bicyclic) bond motifs is 1. The number of carbonyl (C=O) groups excluding carboxylic acids is 2. The van der Waals surface area contributed by atoms with Crippen molar-refractivity contribution < 1.29 is 24.6 Å². The maximum atomic E-state index is 13.1. The van der Waals surface area contributed by atoms with E-state index in [-0.39, 0.29) is 46.8 Å². The van der Waals surface area contributed by atoms with Crippen molar-refractivity contribution in [1.29, 1.82) is 5.41 Å². The van der Waals surface area contributed by atoms with Crippen molar-refractivity contribution in [3.8, 4) is 0 Å². The Labute approximate surface area is 191 Å². The first kappa shape index (κ1) is 23.1. The fourth-order valence-corrected chi connectivity index (χ4v) is 6.95. The van der Waals surface area contributed by atoms with Crippen LogP contribution in [0, 0.1) is 17.2 Å². The molecule has 32 heavy (non-hydrogen) atoms. The molecule has 4 rings (SSSR count). The average molecular weight is 466 g/mol. The Kier molecular flexibility index (Phi) is 6.25. The van der Waals surface area contributed by atoms with Gasteiger partial charge in [0.25, 0.3) is 0 Å². The summed E-state index contributed by atoms with van der Waals surface area (Å²) in [4.78, 5) is 43.3. The number of aliphatic hydroxyl groups excluding tert-OH is 1. The number of thioether (sulfide) groups is 1.